The van der Waals surface area contributed by atoms with Gasteiger partial charge in [0.15, 0.2) is 0 Å². The molecule has 0 amide bonds. The zero-order chi connectivity index (χ0) is 18.1. The molecule has 0 radical (unpaired) electrons. The van der Waals surface area contributed by atoms with Crippen LogP contribution in [0, 0.1) is 12.7 Å². The molecule has 0 saturated heterocycles. The topological polar surface area (TPSA) is 26.5 Å². The van der Waals surface area contributed by atoms with Crippen molar-refractivity contribution in [2.24, 2.45) is 0 Å². The number of hydrogen-bond acceptors (Lipinski definition) is 2. The van der Waals surface area contributed by atoms with E-state index in [9.17, 15) is 4.39 Å². The summed E-state index contributed by atoms with van der Waals surface area (Å²) < 4.78 is 22.4. The van der Waals surface area contributed by atoms with E-state index >= 15 is 0 Å². The van der Waals surface area contributed by atoms with E-state index in [2.05, 4.69) is 20.9 Å². The predicted octanol–water partition coefficient (Wildman–Crippen LogP) is 5.79. The Kier molecular flexibility index (Phi) is 4.47. The van der Waals surface area contributed by atoms with E-state index in [-0.39, 0.29) is 12.4 Å². The van der Waals surface area contributed by atoms with Crippen molar-refractivity contribution in [3.05, 3.63) is 88.4 Å². The van der Waals surface area contributed by atoms with Gasteiger partial charge in [-0.2, -0.15) is 0 Å². The molecule has 2 aromatic heterocycles. The number of nitrogens with zero attached hydrogens (tertiary/aromatic N) is 2. The Labute approximate surface area is 159 Å². The SMILES string of the molecule is Cc1cc(-c2cn3ccccc3n2)ccc1OCc1ccc(Br)cc1F. The number of ether oxygens (including phenoxy) is 1. The second-order valence-electron chi connectivity index (χ2n) is 6.10. The van der Waals surface area contributed by atoms with Crippen LogP contribution in [0.4, 0.5) is 4.39 Å². The molecule has 0 unspecified atom stereocenters. The van der Waals surface area contributed by atoms with E-state index in [1.54, 1.807) is 12.1 Å². The molecular weight excluding hydrogens is 395 g/mol. The maximum Gasteiger partial charge on any atom is 0.137 e. The summed E-state index contributed by atoms with van der Waals surface area (Å²) in [5.74, 6) is 0.457. The van der Waals surface area contributed by atoms with Crippen molar-refractivity contribution in [1.29, 1.82) is 0 Å². The van der Waals surface area contributed by atoms with Crippen molar-refractivity contribution in [2.45, 2.75) is 13.5 Å². The fourth-order valence-electron chi connectivity index (χ4n) is 2.84. The number of hydrogen-bond donors (Lipinski definition) is 0. The van der Waals surface area contributed by atoms with E-state index in [0.717, 1.165) is 28.2 Å². The summed E-state index contributed by atoms with van der Waals surface area (Å²) in [6.07, 6.45) is 3.98. The predicted molar refractivity (Wildman–Crippen MR) is 104 cm³/mol. The third kappa shape index (κ3) is 3.35. The van der Waals surface area contributed by atoms with Crippen LogP contribution in [0.5, 0.6) is 5.75 Å². The van der Waals surface area contributed by atoms with E-state index in [0.29, 0.717) is 10.0 Å². The van der Waals surface area contributed by atoms with E-state index in [1.807, 2.05) is 60.1 Å². The molecule has 5 heteroatoms. The first kappa shape index (κ1) is 16.8. The monoisotopic (exact) mass is 410 g/mol. The summed E-state index contributed by atoms with van der Waals surface area (Å²) in [6.45, 7) is 2.17. The fraction of sp³-hybridized carbons (Fsp3) is 0.0952. The summed E-state index contributed by atoms with van der Waals surface area (Å²) in [4.78, 5) is 4.64. The van der Waals surface area contributed by atoms with E-state index in [1.165, 1.54) is 6.07 Å². The van der Waals surface area contributed by atoms with Gasteiger partial charge in [-0.25, -0.2) is 9.37 Å². The van der Waals surface area contributed by atoms with Crippen molar-refractivity contribution in [3.8, 4) is 17.0 Å². The van der Waals surface area contributed by atoms with Crippen LogP contribution in [0.1, 0.15) is 11.1 Å². The normalized spacial score (nSPS) is 11.0. The summed E-state index contributed by atoms with van der Waals surface area (Å²) in [5, 5.41) is 0. The first-order chi connectivity index (χ1) is 12.6. The summed E-state index contributed by atoms with van der Waals surface area (Å²) in [7, 11) is 0. The molecule has 26 heavy (non-hydrogen) atoms. The average molecular weight is 411 g/mol. The van der Waals surface area contributed by atoms with Gasteiger partial charge in [-0.15, -0.1) is 0 Å². The standard InChI is InChI=1S/C21H16BrFN2O/c1-14-10-15(19-12-25-9-3-2-4-21(25)24-19)6-8-20(14)26-13-16-5-7-17(22)11-18(16)23/h2-12H,13H2,1H3. The van der Waals surface area contributed by atoms with Gasteiger partial charge in [-0.1, -0.05) is 28.1 Å². The smallest absolute Gasteiger partial charge is 0.137 e. The van der Waals surface area contributed by atoms with Gasteiger partial charge in [0.2, 0.25) is 0 Å². The number of pyridine rings is 1. The van der Waals surface area contributed by atoms with Crippen molar-refractivity contribution >= 4 is 21.6 Å². The minimum Gasteiger partial charge on any atom is -0.489 e. The van der Waals surface area contributed by atoms with E-state index in [4.69, 9.17) is 4.74 Å². The molecule has 0 saturated carbocycles. The van der Waals surface area contributed by atoms with Gasteiger partial charge in [-0.3, -0.25) is 0 Å². The number of rotatable bonds is 4. The zero-order valence-corrected chi connectivity index (χ0v) is 15.7. The third-order valence-corrected chi connectivity index (χ3v) is 4.73. The molecule has 0 N–H and O–H groups in total. The number of halogens is 2. The lowest BCUT2D eigenvalue weighted by Crippen LogP contribution is -2.00. The molecule has 4 rings (SSSR count). The number of aryl methyl sites for hydroxylation is 1. The first-order valence-corrected chi connectivity index (χ1v) is 9.01. The number of aromatic nitrogens is 2. The van der Waals surface area contributed by atoms with Crippen LogP contribution >= 0.6 is 15.9 Å². The lowest BCUT2D eigenvalue weighted by Gasteiger charge is -2.11. The number of benzene rings is 2. The van der Waals surface area contributed by atoms with Gasteiger partial charge in [0, 0.05) is 28.0 Å². The second kappa shape index (κ2) is 6.92. The Morgan fingerprint density at radius 2 is 2.00 bits per heavy atom. The van der Waals surface area contributed by atoms with Crippen molar-refractivity contribution < 1.29 is 9.13 Å². The second-order valence-corrected chi connectivity index (χ2v) is 7.01. The fourth-order valence-corrected chi connectivity index (χ4v) is 3.17. The van der Waals surface area contributed by atoms with Crippen LogP contribution in [0.2, 0.25) is 0 Å². The molecule has 4 aromatic rings. The van der Waals surface area contributed by atoms with Crippen LogP contribution in [0.15, 0.2) is 71.5 Å². The molecule has 2 aromatic carbocycles. The first-order valence-electron chi connectivity index (χ1n) is 8.21. The van der Waals surface area contributed by atoms with Gasteiger partial charge in [0.1, 0.15) is 23.8 Å². The van der Waals surface area contributed by atoms with Gasteiger partial charge in [0.05, 0.1) is 5.69 Å². The maximum absolute atomic E-state index is 13.9. The molecule has 0 aliphatic heterocycles. The molecule has 0 aliphatic rings. The van der Waals surface area contributed by atoms with Crippen LogP contribution in [0.3, 0.4) is 0 Å². The maximum atomic E-state index is 13.9. The minimum atomic E-state index is -0.279. The van der Waals surface area contributed by atoms with Gasteiger partial charge in [0.25, 0.3) is 0 Å². The largest absolute Gasteiger partial charge is 0.489 e. The Hall–Kier alpha value is -2.66. The Balaban J connectivity index is 1.55. The molecule has 3 nitrogen and oxygen atoms in total. The summed E-state index contributed by atoms with van der Waals surface area (Å²) in [5.41, 5.74) is 4.35. The minimum absolute atomic E-state index is 0.188. The van der Waals surface area contributed by atoms with Crippen molar-refractivity contribution in [3.63, 3.8) is 0 Å². The lowest BCUT2D eigenvalue weighted by atomic mass is 10.1. The molecule has 2 heterocycles. The average Bonchev–Trinajstić information content (AvgIpc) is 3.06. The molecule has 0 spiro atoms. The number of fused-ring (bicyclic) bond motifs is 1. The highest BCUT2D eigenvalue weighted by Crippen LogP contribution is 2.27. The lowest BCUT2D eigenvalue weighted by molar-refractivity contribution is 0.298. The molecular formula is C21H16BrFN2O. The Morgan fingerprint density at radius 3 is 2.77 bits per heavy atom. The van der Waals surface area contributed by atoms with E-state index < -0.39 is 0 Å². The quantitative estimate of drug-likeness (QED) is 0.425. The van der Waals surface area contributed by atoms with Gasteiger partial charge >= 0.3 is 0 Å². The van der Waals surface area contributed by atoms with Crippen molar-refractivity contribution in [2.75, 3.05) is 0 Å². The zero-order valence-electron chi connectivity index (χ0n) is 14.1. The Morgan fingerprint density at radius 1 is 1.12 bits per heavy atom. The molecule has 0 bridgehead atoms. The summed E-state index contributed by atoms with van der Waals surface area (Å²) >= 11 is 3.26. The van der Waals surface area contributed by atoms with Gasteiger partial charge in [-0.05, 0) is 55.0 Å². The molecule has 130 valence electrons. The number of imidazole rings is 1. The summed E-state index contributed by atoms with van der Waals surface area (Å²) in [6, 6.07) is 16.8. The van der Waals surface area contributed by atoms with Gasteiger partial charge < -0.3 is 9.14 Å². The van der Waals surface area contributed by atoms with Crippen LogP contribution < -0.4 is 4.74 Å². The molecule has 0 atom stereocenters. The highest BCUT2D eigenvalue weighted by molar-refractivity contribution is 9.10. The highest BCUT2D eigenvalue weighted by Gasteiger charge is 2.09. The van der Waals surface area contributed by atoms with Crippen LogP contribution in [-0.2, 0) is 6.61 Å². The third-order valence-electron chi connectivity index (χ3n) is 4.23. The molecule has 0 fully saturated rings. The van der Waals surface area contributed by atoms with Crippen molar-refractivity contribution in [1.82, 2.24) is 9.38 Å². The van der Waals surface area contributed by atoms with Crippen LogP contribution in [-0.4, -0.2) is 9.38 Å². The Bertz CT molecular complexity index is 1060. The molecule has 0 aliphatic carbocycles. The van der Waals surface area contributed by atoms with Crippen LogP contribution in [0.25, 0.3) is 16.9 Å². The highest BCUT2D eigenvalue weighted by atomic mass is 79.9.